The molecule has 0 spiro atoms. The van der Waals surface area contributed by atoms with Crippen molar-refractivity contribution >= 4 is 22.4 Å². The lowest BCUT2D eigenvalue weighted by atomic mass is 10.0. The normalized spacial score (nSPS) is 14.7. The van der Waals surface area contributed by atoms with E-state index in [-0.39, 0.29) is 17.9 Å². The molecule has 1 heterocycles. The Kier molecular flexibility index (Phi) is 4.16. The van der Waals surface area contributed by atoms with Crippen LogP contribution in [0, 0.1) is 5.92 Å². The molecule has 0 bridgehead atoms. The van der Waals surface area contributed by atoms with E-state index in [1.807, 2.05) is 13.8 Å². The van der Waals surface area contributed by atoms with Gasteiger partial charge in [0.05, 0.1) is 5.92 Å². The highest BCUT2D eigenvalue weighted by Gasteiger charge is 2.18. The Morgan fingerprint density at radius 3 is 2.67 bits per heavy atom. The fourth-order valence-electron chi connectivity index (χ4n) is 0.905. The summed E-state index contributed by atoms with van der Waals surface area (Å²) in [5.74, 6) is -0.331. The van der Waals surface area contributed by atoms with Crippen LogP contribution < -0.4 is 11.1 Å². The van der Waals surface area contributed by atoms with Gasteiger partial charge in [-0.25, -0.2) is 0 Å². The maximum Gasteiger partial charge on any atom is 0.230 e. The molecule has 1 amide bonds. The summed E-state index contributed by atoms with van der Waals surface area (Å²) in [4.78, 5) is 11.6. The van der Waals surface area contributed by atoms with Gasteiger partial charge in [0.25, 0.3) is 0 Å². The SMILES string of the molecule is CCc1nnc(NC(=O)[C@H](C)[C@@H](C)N)s1. The molecule has 1 rings (SSSR count). The Morgan fingerprint density at radius 2 is 2.20 bits per heavy atom. The smallest absolute Gasteiger partial charge is 0.230 e. The summed E-state index contributed by atoms with van der Waals surface area (Å²) in [5, 5.41) is 11.9. The van der Waals surface area contributed by atoms with Crippen LogP contribution in [0.2, 0.25) is 0 Å². The number of aryl methyl sites for hydroxylation is 1. The second-order valence-electron chi connectivity index (χ2n) is 3.49. The maximum absolute atomic E-state index is 11.6. The zero-order valence-corrected chi connectivity index (χ0v) is 9.97. The third-order valence-corrected chi connectivity index (χ3v) is 3.18. The van der Waals surface area contributed by atoms with Gasteiger partial charge in [-0.15, -0.1) is 10.2 Å². The van der Waals surface area contributed by atoms with E-state index in [2.05, 4.69) is 15.5 Å². The largest absolute Gasteiger partial charge is 0.327 e. The summed E-state index contributed by atoms with van der Waals surface area (Å²) < 4.78 is 0. The quantitative estimate of drug-likeness (QED) is 0.806. The Bertz CT molecular complexity index is 337. The Balaban J connectivity index is 2.58. The molecule has 0 saturated carbocycles. The average molecular weight is 228 g/mol. The van der Waals surface area contributed by atoms with Crippen LogP contribution in [0.4, 0.5) is 5.13 Å². The molecule has 5 nitrogen and oxygen atoms in total. The topological polar surface area (TPSA) is 80.9 Å². The highest BCUT2D eigenvalue weighted by molar-refractivity contribution is 7.15. The van der Waals surface area contributed by atoms with E-state index in [0.29, 0.717) is 5.13 Å². The van der Waals surface area contributed by atoms with Crippen molar-refractivity contribution in [1.29, 1.82) is 0 Å². The maximum atomic E-state index is 11.6. The van der Waals surface area contributed by atoms with Crippen LogP contribution in [0.25, 0.3) is 0 Å². The number of carbonyl (C=O) groups excluding carboxylic acids is 1. The fourth-order valence-corrected chi connectivity index (χ4v) is 1.59. The number of aromatic nitrogens is 2. The summed E-state index contributed by atoms with van der Waals surface area (Å²) in [6, 6.07) is -0.163. The van der Waals surface area contributed by atoms with Gasteiger partial charge in [0.1, 0.15) is 5.01 Å². The van der Waals surface area contributed by atoms with E-state index in [4.69, 9.17) is 5.73 Å². The summed E-state index contributed by atoms with van der Waals surface area (Å²) in [5.41, 5.74) is 5.63. The van der Waals surface area contributed by atoms with Gasteiger partial charge in [-0.2, -0.15) is 0 Å². The van der Waals surface area contributed by atoms with Crippen LogP contribution in [-0.2, 0) is 11.2 Å². The number of hydrogen-bond acceptors (Lipinski definition) is 5. The van der Waals surface area contributed by atoms with Crippen molar-refractivity contribution in [2.24, 2.45) is 11.7 Å². The number of carbonyl (C=O) groups is 1. The molecule has 1 aromatic heterocycles. The molecule has 84 valence electrons. The lowest BCUT2D eigenvalue weighted by Crippen LogP contribution is -2.34. The first-order valence-corrected chi connectivity index (χ1v) is 5.75. The van der Waals surface area contributed by atoms with Crippen molar-refractivity contribution in [3.05, 3.63) is 5.01 Å². The number of amides is 1. The first-order valence-electron chi connectivity index (χ1n) is 4.93. The van der Waals surface area contributed by atoms with Crippen molar-refractivity contribution in [2.75, 3.05) is 5.32 Å². The number of nitrogens with zero attached hydrogens (tertiary/aromatic N) is 2. The zero-order valence-electron chi connectivity index (χ0n) is 9.15. The number of nitrogens with one attached hydrogen (secondary N) is 1. The predicted octanol–water partition coefficient (Wildman–Crippen LogP) is 1.02. The molecule has 0 aromatic carbocycles. The van der Waals surface area contributed by atoms with Gasteiger partial charge in [-0.1, -0.05) is 25.2 Å². The molecule has 0 aliphatic heterocycles. The molecule has 0 radical (unpaired) electrons. The number of nitrogens with two attached hydrogens (primary N) is 1. The molecule has 0 saturated heterocycles. The van der Waals surface area contributed by atoms with Gasteiger partial charge in [0.15, 0.2) is 0 Å². The van der Waals surface area contributed by atoms with Crippen molar-refractivity contribution in [2.45, 2.75) is 33.2 Å². The molecule has 15 heavy (non-hydrogen) atoms. The van der Waals surface area contributed by atoms with Crippen LogP contribution in [0.3, 0.4) is 0 Å². The molecule has 1 aromatic rings. The highest BCUT2D eigenvalue weighted by atomic mass is 32.1. The molecular formula is C9H16N4OS. The lowest BCUT2D eigenvalue weighted by molar-refractivity contribution is -0.119. The van der Waals surface area contributed by atoms with Crippen molar-refractivity contribution in [3.63, 3.8) is 0 Å². The Morgan fingerprint density at radius 1 is 1.53 bits per heavy atom. The predicted molar refractivity (Wildman–Crippen MR) is 60.7 cm³/mol. The van der Waals surface area contributed by atoms with Gasteiger partial charge in [-0.3, -0.25) is 4.79 Å². The second-order valence-corrected chi connectivity index (χ2v) is 4.55. The Labute approximate surface area is 93.1 Å². The van der Waals surface area contributed by atoms with Gasteiger partial charge in [-0.05, 0) is 13.3 Å². The van der Waals surface area contributed by atoms with Crippen molar-refractivity contribution in [3.8, 4) is 0 Å². The summed E-state index contributed by atoms with van der Waals surface area (Å²) in [6.45, 7) is 5.60. The summed E-state index contributed by atoms with van der Waals surface area (Å²) in [6.07, 6.45) is 0.830. The van der Waals surface area contributed by atoms with E-state index in [9.17, 15) is 4.79 Å². The molecule has 0 aliphatic rings. The van der Waals surface area contributed by atoms with Gasteiger partial charge in [0, 0.05) is 6.04 Å². The minimum atomic E-state index is -0.223. The average Bonchev–Trinajstić information content (AvgIpc) is 2.64. The van der Waals surface area contributed by atoms with Crippen LogP contribution in [0.15, 0.2) is 0 Å². The molecule has 2 atom stereocenters. The molecular weight excluding hydrogens is 212 g/mol. The van der Waals surface area contributed by atoms with E-state index in [1.54, 1.807) is 6.92 Å². The van der Waals surface area contributed by atoms with E-state index < -0.39 is 0 Å². The summed E-state index contributed by atoms with van der Waals surface area (Å²) >= 11 is 1.40. The first-order chi connectivity index (χ1) is 7.04. The minimum absolute atomic E-state index is 0.108. The Hall–Kier alpha value is -1.01. The molecule has 0 aliphatic carbocycles. The van der Waals surface area contributed by atoms with Crippen LogP contribution >= 0.6 is 11.3 Å². The van der Waals surface area contributed by atoms with Crippen molar-refractivity contribution < 1.29 is 4.79 Å². The third kappa shape index (κ3) is 3.24. The van der Waals surface area contributed by atoms with Gasteiger partial charge >= 0.3 is 0 Å². The molecule has 6 heteroatoms. The zero-order chi connectivity index (χ0) is 11.4. The standard InChI is InChI=1S/C9H16N4OS/c1-4-7-12-13-9(15-7)11-8(14)5(2)6(3)10/h5-6H,4,10H2,1-3H3,(H,11,13,14)/t5-,6-/m1/s1. The van der Waals surface area contributed by atoms with Gasteiger partial charge < -0.3 is 11.1 Å². The minimum Gasteiger partial charge on any atom is -0.327 e. The third-order valence-electron chi connectivity index (χ3n) is 2.20. The van der Waals surface area contributed by atoms with Crippen molar-refractivity contribution in [1.82, 2.24) is 10.2 Å². The molecule has 0 fully saturated rings. The number of hydrogen-bond donors (Lipinski definition) is 2. The summed E-state index contributed by atoms with van der Waals surface area (Å²) in [7, 11) is 0. The number of rotatable bonds is 4. The van der Waals surface area contributed by atoms with E-state index in [1.165, 1.54) is 11.3 Å². The van der Waals surface area contributed by atoms with E-state index in [0.717, 1.165) is 11.4 Å². The first kappa shape index (κ1) is 12.1. The van der Waals surface area contributed by atoms with Crippen LogP contribution in [0.5, 0.6) is 0 Å². The fraction of sp³-hybridized carbons (Fsp3) is 0.667. The second kappa shape index (κ2) is 5.18. The molecule has 3 N–H and O–H groups in total. The van der Waals surface area contributed by atoms with Crippen LogP contribution in [0.1, 0.15) is 25.8 Å². The monoisotopic (exact) mass is 228 g/mol. The van der Waals surface area contributed by atoms with Gasteiger partial charge in [0.2, 0.25) is 11.0 Å². The lowest BCUT2D eigenvalue weighted by Gasteiger charge is -2.13. The number of anilines is 1. The highest BCUT2D eigenvalue weighted by Crippen LogP contribution is 2.16. The molecule has 0 unspecified atom stereocenters. The van der Waals surface area contributed by atoms with E-state index >= 15 is 0 Å². The van der Waals surface area contributed by atoms with Crippen LogP contribution in [-0.4, -0.2) is 22.1 Å².